The van der Waals surface area contributed by atoms with E-state index in [0.29, 0.717) is 26.0 Å². The highest BCUT2D eigenvalue weighted by Gasteiger charge is 2.28. The number of carboxylic acid groups (broad SMARTS) is 1. The van der Waals surface area contributed by atoms with E-state index in [1.165, 1.54) is 22.3 Å². The van der Waals surface area contributed by atoms with Gasteiger partial charge in [0.2, 0.25) is 0 Å². The molecule has 0 radical (unpaired) electrons. The summed E-state index contributed by atoms with van der Waals surface area (Å²) >= 11 is 0. The Bertz CT molecular complexity index is 820. The molecule has 1 amide bonds. The van der Waals surface area contributed by atoms with Crippen molar-refractivity contribution >= 4 is 12.1 Å². The highest BCUT2D eigenvalue weighted by atomic mass is 16.5. The number of alkyl carbamates (subject to hydrolysis) is 1. The minimum absolute atomic E-state index is 0.0459. The summed E-state index contributed by atoms with van der Waals surface area (Å²) < 4.78 is 5.49. The van der Waals surface area contributed by atoms with Gasteiger partial charge in [0.05, 0.1) is 0 Å². The number of carbonyl (C=O) groups is 2. The topological polar surface area (TPSA) is 78.9 Å². The molecule has 1 unspecified atom stereocenters. The van der Waals surface area contributed by atoms with Crippen LogP contribution in [0.2, 0.25) is 0 Å². The van der Waals surface area contributed by atoms with Gasteiger partial charge >= 0.3 is 12.1 Å². The van der Waals surface area contributed by atoms with E-state index in [4.69, 9.17) is 4.74 Å². The molecule has 0 bridgehead atoms. The predicted molar refractivity (Wildman–Crippen MR) is 112 cm³/mol. The molecule has 0 spiro atoms. The lowest BCUT2D eigenvalue weighted by Crippen LogP contribution is -2.35. The summed E-state index contributed by atoms with van der Waals surface area (Å²) in [5.41, 5.74) is 4.77. The third kappa shape index (κ3) is 4.95. The summed E-state index contributed by atoms with van der Waals surface area (Å²) in [5.74, 6) is -0.774. The highest BCUT2D eigenvalue weighted by Crippen LogP contribution is 2.44. The van der Waals surface area contributed by atoms with E-state index in [0.717, 1.165) is 6.42 Å². The van der Waals surface area contributed by atoms with E-state index >= 15 is 0 Å². The van der Waals surface area contributed by atoms with Gasteiger partial charge in [-0.2, -0.15) is 0 Å². The van der Waals surface area contributed by atoms with Crippen molar-refractivity contribution in [2.45, 2.75) is 31.2 Å². The Morgan fingerprint density at radius 2 is 1.62 bits per heavy atom. The zero-order valence-corrected chi connectivity index (χ0v) is 16.9. The molecule has 1 aliphatic carbocycles. The molecule has 29 heavy (non-hydrogen) atoms. The summed E-state index contributed by atoms with van der Waals surface area (Å²) in [6.45, 7) is 0.762. The monoisotopic (exact) mass is 396 g/mol. The second kappa shape index (κ2) is 9.56. The average Bonchev–Trinajstić information content (AvgIpc) is 3.02. The van der Waals surface area contributed by atoms with Gasteiger partial charge in [0.25, 0.3) is 0 Å². The average molecular weight is 396 g/mol. The fourth-order valence-corrected chi connectivity index (χ4v) is 3.91. The third-order valence-corrected chi connectivity index (χ3v) is 5.43. The van der Waals surface area contributed by atoms with E-state index in [-0.39, 0.29) is 5.92 Å². The van der Waals surface area contributed by atoms with Crippen LogP contribution in [0.15, 0.2) is 48.5 Å². The van der Waals surface area contributed by atoms with Crippen LogP contribution in [0.3, 0.4) is 0 Å². The maximum absolute atomic E-state index is 12.1. The third-order valence-electron chi connectivity index (χ3n) is 5.43. The van der Waals surface area contributed by atoms with Crippen molar-refractivity contribution in [3.63, 3.8) is 0 Å². The molecule has 0 aromatic heterocycles. The molecule has 154 valence electrons. The van der Waals surface area contributed by atoms with Gasteiger partial charge in [0.15, 0.2) is 0 Å². The Balaban J connectivity index is 1.45. The summed E-state index contributed by atoms with van der Waals surface area (Å²) in [5, 5.41) is 11.9. The highest BCUT2D eigenvalue weighted by molar-refractivity contribution is 5.79. The Morgan fingerprint density at radius 1 is 1.03 bits per heavy atom. The van der Waals surface area contributed by atoms with E-state index in [9.17, 15) is 14.7 Å². The molecule has 1 aliphatic rings. The summed E-state index contributed by atoms with van der Waals surface area (Å²) in [7, 11) is 3.52. The molecule has 6 heteroatoms. The molecule has 0 saturated carbocycles. The number of aliphatic carboxylic acids is 1. The summed E-state index contributed by atoms with van der Waals surface area (Å²) in [6, 6.07) is 16.0. The van der Waals surface area contributed by atoms with Crippen molar-refractivity contribution in [3.8, 4) is 11.1 Å². The van der Waals surface area contributed by atoms with Crippen molar-refractivity contribution in [1.82, 2.24) is 10.2 Å². The molecule has 2 aromatic rings. The number of nitrogens with zero attached hydrogens (tertiary/aromatic N) is 1. The van der Waals surface area contributed by atoms with Crippen LogP contribution in [0.1, 0.15) is 36.3 Å². The van der Waals surface area contributed by atoms with Crippen molar-refractivity contribution < 1.29 is 19.4 Å². The van der Waals surface area contributed by atoms with Crippen molar-refractivity contribution in [3.05, 3.63) is 59.7 Å². The van der Waals surface area contributed by atoms with Crippen LogP contribution in [0.5, 0.6) is 0 Å². The van der Waals surface area contributed by atoms with Crippen LogP contribution in [0.4, 0.5) is 4.79 Å². The van der Waals surface area contributed by atoms with E-state index in [2.05, 4.69) is 29.6 Å². The van der Waals surface area contributed by atoms with Gasteiger partial charge in [0, 0.05) is 12.5 Å². The van der Waals surface area contributed by atoms with Crippen LogP contribution in [-0.4, -0.2) is 55.4 Å². The van der Waals surface area contributed by atoms with E-state index in [1.54, 1.807) is 19.0 Å². The van der Waals surface area contributed by atoms with Gasteiger partial charge in [-0.1, -0.05) is 48.5 Å². The second-order valence-electron chi connectivity index (χ2n) is 7.57. The van der Waals surface area contributed by atoms with Crippen LogP contribution in [-0.2, 0) is 9.53 Å². The lowest BCUT2D eigenvalue weighted by Gasteiger charge is -2.19. The number of hydrogen-bond donors (Lipinski definition) is 2. The van der Waals surface area contributed by atoms with Gasteiger partial charge in [-0.05, 0) is 55.6 Å². The van der Waals surface area contributed by atoms with Gasteiger partial charge in [-0.3, -0.25) is 9.69 Å². The van der Waals surface area contributed by atoms with Crippen LogP contribution in [0.25, 0.3) is 11.1 Å². The lowest BCUT2D eigenvalue weighted by molar-refractivity contribution is -0.142. The Morgan fingerprint density at radius 3 is 2.17 bits per heavy atom. The Labute approximate surface area is 171 Å². The van der Waals surface area contributed by atoms with Crippen LogP contribution >= 0.6 is 0 Å². The molecule has 0 heterocycles. The molecular formula is C23H28N2O4. The molecule has 0 fully saturated rings. The number of likely N-dealkylation sites (N-methyl/N-ethyl adjacent to an activating group) is 1. The minimum atomic E-state index is -0.820. The predicted octanol–water partition coefficient (Wildman–Crippen LogP) is 3.71. The maximum atomic E-state index is 12.1. The number of ether oxygens (including phenoxy) is 1. The van der Waals surface area contributed by atoms with Crippen LogP contribution in [0, 0.1) is 0 Å². The molecule has 2 N–H and O–H groups in total. The number of benzene rings is 2. The van der Waals surface area contributed by atoms with Crippen LogP contribution < -0.4 is 5.32 Å². The smallest absolute Gasteiger partial charge is 0.407 e. The fraction of sp³-hybridized carbons (Fsp3) is 0.391. The molecule has 1 atom stereocenters. The number of carbonyl (C=O) groups excluding carboxylic acids is 1. The summed E-state index contributed by atoms with van der Waals surface area (Å²) in [4.78, 5) is 25.0. The fourth-order valence-electron chi connectivity index (χ4n) is 3.91. The lowest BCUT2D eigenvalue weighted by atomic mass is 9.98. The Kier molecular flexibility index (Phi) is 6.88. The number of carboxylic acids is 1. The zero-order valence-electron chi connectivity index (χ0n) is 16.9. The van der Waals surface area contributed by atoms with Gasteiger partial charge in [-0.25, -0.2) is 4.79 Å². The molecule has 0 saturated heterocycles. The molecular weight excluding hydrogens is 368 g/mol. The van der Waals surface area contributed by atoms with Crippen molar-refractivity contribution in [2.24, 2.45) is 0 Å². The van der Waals surface area contributed by atoms with Crippen molar-refractivity contribution in [1.29, 1.82) is 0 Å². The number of amides is 1. The molecule has 6 nitrogen and oxygen atoms in total. The maximum Gasteiger partial charge on any atom is 0.407 e. The number of rotatable bonds is 9. The number of unbranched alkanes of at least 4 members (excludes halogenated alkanes) is 1. The standard InChI is InChI=1S/C23H28N2O4/c1-25(2)21(22(26)27)13-7-8-14-24-23(28)29-15-20-18-11-5-3-9-16(18)17-10-4-6-12-19(17)20/h3-6,9-12,20-21H,7-8,13-15H2,1-2H3,(H,24,28)(H,26,27). The molecule has 2 aromatic carbocycles. The number of hydrogen-bond acceptors (Lipinski definition) is 4. The largest absolute Gasteiger partial charge is 0.480 e. The number of fused-ring (bicyclic) bond motifs is 3. The SMILES string of the molecule is CN(C)C(CCCCNC(=O)OCC1c2ccccc2-c2ccccc21)C(=O)O. The first-order valence-corrected chi connectivity index (χ1v) is 9.97. The summed E-state index contributed by atoms with van der Waals surface area (Å²) in [6.07, 6.45) is 1.55. The quantitative estimate of drug-likeness (QED) is 0.632. The van der Waals surface area contributed by atoms with E-state index in [1.807, 2.05) is 24.3 Å². The normalized spacial score (nSPS) is 13.6. The second-order valence-corrected chi connectivity index (χ2v) is 7.57. The zero-order chi connectivity index (χ0) is 20.8. The first-order chi connectivity index (χ1) is 14.0. The van der Waals surface area contributed by atoms with Crippen molar-refractivity contribution in [2.75, 3.05) is 27.2 Å². The first-order valence-electron chi connectivity index (χ1n) is 9.97. The molecule has 3 rings (SSSR count). The first kappa shape index (κ1) is 20.9. The van der Waals surface area contributed by atoms with Gasteiger partial charge in [-0.15, -0.1) is 0 Å². The minimum Gasteiger partial charge on any atom is -0.480 e. The Hall–Kier alpha value is -2.86. The van der Waals surface area contributed by atoms with Gasteiger partial charge < -0.3 is 15.2 Å². The molecule has 0 aliphatic heterocycles. The number of nitrogens with one attached hydrogen (secondary N) is 1. The van der Waals surface area contributed by atoms with E-state index < -0.39 is 18.1 Å². The van der Waals surface area contributed by atoms with Gasteiger partial charge in [0.1, 0.15) is 12.6 Å².